The largest absolute Gasteiger partial charge is 0.274 e. The molecule has 2 amide bonds. The van der Waals surface area contributed by atoms with Crippen LogP contribution in [0.15, 0.2) is 84.9 Å². The number of benzene rings is 4. The van der Waals surface area contributed by atoms with Crippen LogP contribution in [0.25, 0.3) is 33.3 Å². The summed E-state index contributed by atoms with van der Waals surface area (Å²) in [4.78, 5) is 28.6. The average molecular weight is 585 g/mol. The first-order valence-electron chi connectivity index (χ1n) is 15.5. The van der Waals surface area contributed by atoms with Crippen molar-refractivity contribution in [2.45, 2.75) is 71.8 Å². The summed E-state index contributed by atoms with van der Waals surface area (Å²) >= 11 is 0. The second-order valence-corrected chi connectivity index (χ2v) is 13.8. The molecule has 2 heterocycles. The number of rotatable bonds is 7. The number of carbonyl (C=O) groups excluding carboxylic acids is 2. The van der Waals surface area contributed by atoms with Crippen LogP contribution in [0.4, 0.5) is 0 Å². The van der Waals surface area contributed by atoms with Gasteiger partial charge in [0.1, 0.15) is 11.0 Å². The maximum Gasteiger partial charge on any atom is 0.261 e. The molecule has 0 saturated heterocycles. The van der Waals surface area contributed by atoms with Gasteiger partial charge in [0.2, 0.25) is 0 Å². The van der Waals surface area contributed by atoms with Gasteiger partial charge in [-0.05, 0) is 58.1 Å². The maximum atomic E-state index is 12.8. The summed E-state index contributed by atoms with van der Waals surface area (Å²) in [7, 11) is 0. The monoisotopic (exact) mass is 584 g/mol. The van der Waals surface area contributed by atoms with Crippen LogP contribution in [-0.4, -0.2) is 38.3 Å². The Morgan fingerprint density at radius 1 is 0.523 bits per heavy atom. The summed E-state index contributed by atoms with van der Waals surface area (Å²) in [6.45, 7) is 14.3. The van der Waals surface area contributed by atoms with Crippen molar-refractivity contribution in [3.05, 3.63) is 107 Å². The highest BCUT2D eigenvalue weighted by Crippen LogP contribution is 2.36. The van der Waals surface area contributed by atoms with Gasteiger partial charge in [-0.1, -0.05) is 114 Å². The number of unbranched alkanes of at least 4 members (excludes halogenated alkanes) is 1. The van der Waals surface area contributed by atoms with E-state index in [9.17, 15) is 9.59 Å². The van der Waals surface area contributed by atoms with Gasteiger partial charge >= 0.3 is 0 Å². The minimum Gasteiger partial charge on any atom is -0.274 e. The molecule has 0 atom stereocenters. The summed E-state index contributed by atoms with van der Waals surface area (Å²) in [5, 5.41) is 9.99. The van der Waals surface area contributed by atoms with Gasteiger partial charge in [-0.2, -0.15) is 15.0 Å². The van der Waals surface area contributed by atoms with E-state index in [1.54, 1.807) is 29.1 Å². The van der Waals surface area contributed by atoms with Crippen molar-refractivity contribution in [3.8, 4) is 22.3 Å². The number of imide groups is 1. The molecule has 4 aromatic carbocycles. The lowest BCUT2D eigenvalue weighted by Crippen LogP contribution is -2.30. The number of amides is 2. The van der Waals surface area contributed by atoms with Crippen LogP contribution in [0.3, 0.4) is 0 Å². The fraction of sp³-hybridized carbons (Fsp3) is 0.316. The van der Waals surface area contributed by atoms with E-state index in [0.29, 0.717) is 30.6 Å². The summed E-state index contributed by atoms with van der Waals surface area (Å²) in [6, 6.07) is 28.8. The first-order valence-corrected chi connectivity index (χ1v) is 15.5. The van der Waals surface area contributed by atoms with Gasteiger partial charge in [0.15, 0.2) is 0 Å². The van der Waals surface area contributed by atoms with Crippen LogP contribution in [0.1, 0.15) is 86.2 Å². The molecule has 44 heavy (non-hydrogen) atoms. The topological polar surface area (TPSA) is 68.1 Å². The van der Waals surface area contributed by atoms with E-state index in [1.807, 2.05) is 0 Å². The first-order chi connectivity index (χ1) is 20.9. The Balaban J connectivity index is 1.28. The summed E-state index contributed by atoms with van der Waals surface area (Å²) in [5.74, 6) is -0.421. The Labute approximate surface area is 259 Å². The Hall–Kier alpha value is -4.58. The van der Waals surface area contributed by atoms with Crippen LogP contribution in [0.5, 0.6) is 0 Å². The van der Waals surface area contributed by atoms with Gasteiger partial charge in [0.05, 0.1) is 17.7 Å². The fourth-order valence-electron chi connectivity index (χ4n) is 5.87. The Morgan fingerprint density at radius 2 is 0.932 bits per heavy atom. The third-order valence-electron chi connectivity index (χ3n) is 8.57. The average Bonchev–Trinajstić information content (AvgIpc) is 3.53. The zero-order chi connectivity index (χ0) is 31.2. The third kappa shape index (κ3) is 5.57. The van der Waals surface area contributed by atoms with Crippen LogP contribution in [-0.2, 0) is 17.4 Å². The van der Waals surface area contributed by atoms with Crippen molar-refractivity contribution >= 4 is 22.8 Å². The van der Waals surface area contributed by atoms with E-state index in [0.717, 1.165) is 39.7 Å². The molecule has 224 valence electrons. The highest BCUT2D eigenvalue weighted by atomic mass is 16.2. The minimum absolute atomic E-state index is 0.0765. The van der Waals surface area contributed by atoms with E-state index in [4.69, 9.17) is 10.2 Å². The first kappa shape index (κ1) is 29.5. The zero-order valence-electron chi connectivity index (χ0n) is 26.5. The van der Waals surface area contributed by atoms with Gasteiger partial charge in [-0.15, -0.1) is 0 Å². The molecule has 0 aliphatic carbocycles. The molecule has 6 rings (SSSR count). The van der Waals surface area contributed by atoms with Gasteiger partial charge < -0.3 is 0 Å². The Bertz CT molecular complexity index is 1720. The summed E-state index contributed by atoms with van der Waals surface area (Å²) in [5.41, 5.74) is 9.75. The van der Waals surface area contributed by atoms with Crippen molar-refractivity contribution in [2.75, 3.05) is 6.54 Å². The van der Waals surface area contributed by atoms with Crippen molar-refractivity contribution in [3.63, 3.8) is 0 Å². The molecule has 6 nitrogen and oxygen atoms in total. The molecule has 5 aromatic rings. The molecule has 1 aromatic heterocycles. The SMILES string of the molecule is CC(C)(C)c1ccc(-c2ccc(-c3ccc(C(C)(C)C)cc3)c3nn(CCCCN4C(=O)c5ccccc5C4=O)nc23)cc1. The number of aryl methyl sites for hydroxylation is 1. The number of hydrogen-bond acceptors (Lipinski definition) is 4. The number of nitrogens with zero attached hydrogens (tertiary/aromatic N) is 4. The maximum absolute atomic E-state index is 12.8. The van der Waals surface area contributed by atoms with Crippen molar-refractivity contribution < 1.29 is 9.59 Å². The predicted molar refractivity (Wildman–Crippen MR) is 177 cm³/mol. The molecule has 1 aliphatic rings. The van der Waals surface area contributed by atoms with Crippen molar-refractivity contribution in [1.29, 1.82) is 0 Å². The van der Waals surface area contributed by atoms with Crippen LogP contribution in [0.2, 0.25) is 0 Å². The van der Waals surface area contributed by atoms with Crippen molar-refractivity contribution in [1.82, 2.24) is 19.9 Å². The lowest BCUT2D eigenvalue weighted by atomic mass is 9.85. The molecule has 0 radical (unpaired) electrons. The van der Waals surface area contributed by atoms with E-state index < -0.39 is 0 Å². The lowest BCUT2D eigenvalue weighted by molar-refractivity contribution is 0.0651. The van der Waals surface area contributed by atoms with Crippen molar-refractivity contribution in [2.24, 2.45) is 0 Å². The Kier molecular flexibility index (Phi) is 7.48. The molecule has 0 bridgehead atoms. The smallest absolute Gasteiger partial charge is 0.261 e. The summed E-state index contributed by atoms with van der Waals surface area (Å²) in [6.07, 6.45) is 1.41. The van der Waals surface area contributed by atoms with Crippen LogP contribution in [0, 0.1) is 0 Å². The standard InChI is InChI=1S/C38H40N4O2/c1-37(2,3)27-17-13-25(14-18-27)29-21-22-30(26-15-19-28(20-16-26)38(4,5)6)34-33(29)39-42(40-34)24-10-9-23-41-35(43)31-11-7-8-12-32(31)36(41)44/h7-8,11-22H,9-10,23-24H2,1-6H3. The molecule has 1 aliphatic heterocycles. The quantitative estimate of drug-likeness (QED) is 0.142. The minimum atomic E-state index is -0.210. The molecular formula is C38H40N4O2. The predicted octanol–water partition coefficient (Wildman–Crippen LogP) is 8.44. The molecule has 0 saturated carbocycles. The molecule has 0 unspecified atom stereocenters. The van der Waals surface area contributed by atoms with E-state index in [-0.39, 0.29) is 22.6 Å². The lowest BCUT2D eigenvalue weighted by Gasteiger charge is -2.19. The van der Waals surface area contributed by atoms with Gasteiger partial charge in [-0.25, -0.2) is 0 Å². The normalized spacial score (nSPS) is 13.6. The van der Waals surface area contributed by atoms with E-state index in [1.165, 1.54) is 16.0 Å². The fourth-order valence-corrected chi connectivity index (χ4v) is 5.87. The highest BCUT2D eigenvalue weighted by Gasteiger charge is 2.34. The van der Waals surface area contributed by atoms with Gasteiger partial charge in [0.25, 0.3) is 11.8 Å². The molecule has 0 fully saturated rings. The number of aromatic nitrogens is 3. The van der Waals surface area contributed by atoms with Crippen LogP contribution >= 0.6 is 0 Å². The number of hydrogen-bond donors (Lipinski definition) is 0. The molecule has 0 N–H and O–H groups in total. The number of fused-ring (bicyclic) bond motifs is 2. The second-order valence-electron chi connectivity index (χ2n) is 13.8. The summed E-state index contributed by atoms with van der Waals surface area (Å²) < 4.78 is 0. The Morgan fingerprint density at radius 3 is 1.34 bits per heavy atom. The van der Waals surface area contributed by atoms with E-state index in [2.05, 4.69) is 102 Å². The van der Waals surface area contributed by atoms with Gasteiger partial charge in [0, 0.05) is 17.7 Å². The molecule has 6 heteroatoms. The molecule has 0 spiro atoms. The van der Waals surface area contributed by atoms with E-state index >= 15 is 0 Å². The van der Waals surface area contributed by atoms with Gasteiger partial charge in [-0.3, -0.25) is 14.5 Å². The molecular weight excluding hydrogens is 544 g/mol. The zero-order valence-corrected chi connectivity index (χ0v) is 26.5. The third-order valence-corrected chi connectivity index (χ3v) is 8.57. The number of carbonyl (C=O) groups is 2. The van der Waals surface area contributed by atoms with Crippen LogP contribution < -0.4 is 0 Å². The highest BCUT2D eigenvalue weighted by molar-refractivity contribution is 6.21. The second kappa shape index (κ2) is 11.2.